The zero-order chi connectivity index (χ0) is 28.1. The molecule has 4 rings (SSSR count). The van der Waals surface area contributed by atoms with E-state index < -0.39 is 54.1 Å². The molecular formula is C27H23ClF2N4O5. The molecule has 1 heterocycles. The molecule has 3 aromatic carbocycles. The van der Waals surface area contributed by atoms with Gasteiger partial charge < -0.3 is 20.6 Å². The largest absolute Gasteiger partial charge is 0.481 e. The Hall–Kier alpha value is -4.51. The molecule has 0 radical (unpaired) electrons. The second kappa shape index (κ2) is 11.9. The van der Waals surface area contributed by atoms with E-state index in [4.69, 9.17) is 11.6 Å². The van der Waals surface area contributed by atoms with Crippen molar-refractivity contribution >= 4 is 41.1 Å². The Morgan fingerprint density at radius 2 is 1.54 bits per heavy atom. The second-order valence-electron chi connectivity index (χ2n) is 8.72. The molecule has 1 saturated heterocycles. The smallest absolute Gasteiger partial charge is 0.323 e. The van der Waals surface area contributed by atoms with Gasteiger partial charge >= 0.3 is 12.0 Å². The Kier molecular flexibility index (Phi) is 8.40. The zero-order valence-corrected chi connectivity index (χ0v) is 21.1. The number of aliphatic carboxylic acids is 1. The van der Waals surface area contributed by atoms with Gasteiger partial charge in [-0.25, -0.2) is 13.6 Å². The summed E-state index contributed by atoms with van der Waals surface area (Å²) in [5, 5.41) is 15.0. The predicted octanol–water partition coefficient (Wildman–Crippen LogP) is 4.27. The number of nitrogens with one attached hydrogen (secondary N) is 2. The van der Waals surface area contributed by atoms with Crippen LogP contribution in [0.4, 0.5) is 19.3 Å². The number of benzene rings is 3. The molecule has 0 aromatic heterocycles. The fourth-order valence-corrected chi connectivity index (χ4v) is 4.41. The Morgan fingerprint density at radius 3 is 2.15 bits per heavy atom. The predicted molar refractivity (Wildman–Crippen MR) is 138 cm³/mol. The van der Waals surface area contributed by atoms with Crippen LogP contribution < -0.4 is 10.6 Å². The lowest BCUT2D eigenvalue weighted by Crippen LogP contribution is -2.55. The Balaban J connectivity index is 1.64. The van der Waals surface area contributed by atoms with Crippen molar-refractivity contribution in [3.05, 3.63) is 101 Å². The third kappa shape index (κ3) is 6.68. The van der Waals surface area contributed by atoms with E-state index in [0.29, 0.717) is 16.3 Å². The Bertz CT molecular complexity index is 1390. The highest BCUT2D eigenvalue weighted by Gasteiger charge is 2.43. The van der Waals surface area contributed by atoms with Crippen molar-refractivity contribution in [3.63, 3.8) is 0 Å². The van der Waals surface area contributed by atoms with Gasteiger partial charge in [0.15, 0.2) is 6.17 Å². The average Bonchev–Trinajstić information content (AvgIpc) is 3.34. The van der Waals surface area contributed by atoms with Gasteiger partial charge in [0, 0.05) is 29.4 Å². The lowest BCUT2D eigenvalue weighted by Gasteiger charge is -2.31. The van der Waals surface area contributed by atoms with Crippen LogP contribution in [-0.2, 0) is 9.59 Å². The van der Waals surface area contributed by atoms with Crippen molar-refractivity contribution in [2.45, 2.75) is 18.6 Å². The van der Waals surface area contributed by atoms with Gasteiger partial charge in [-0.2, -0.15) is 0 Å². The Labute approximate surface area is 227 Å². The molecule has 2 atom stereocenters. The number of halogens is 3. The number of amides is 4. The topological polar surface area (TPSA) is 119 Å². The lowest BCUT2D eigenvalue weighted by atomic mass is 10.0. The molecule has 202 valence electrons. The van der Waals surface area contributed by atoms with Gasteiger partial charge in [0.05, 0.1) is 12.5 Å². The van der Waals surface area contributed by atoms with Gasteiger partial charge in [0.1, 0.15) is 11.6 Å². The van der Waals surface area contributed by atoms with Crippen molar-refractivity contribution in [2.75, 3.05) is 18.4 Å². The van der Waals surface area contributed by atoms with Crippen LogP contribution in [0.1, 0.15) is 28.4 Å². The van der Waals surface area contributed by atoms with E-state index in [0.717, 1.165) is 34.1 Å². The molecule has 9 nitrogen and oxygen atoms in total. The first-order valence-corrected chi connectivity index (χ1v) is 12.2. The summed E-state index contributed by atoms with van der Waals surface area (Å²) < 4.78 is 26.9. The molecule has 0 spiro atoms. The summed E-state index contributed by atoms with van der Waals surface area (Å²) in [6, 6.07) is 14.2. The molecule has 1 aliphatic heterocycles. The molecule has 3 aromatic rings. The molecular weight excluding hydrogens is 534 g/mol. The molecule has 3 N–H and O–H groups in total. The van der Waals surface area contributed by atoms with E-state index in [1.807, 2.05) is 0 Å². The van der Waals surface area contributed by atoms with E-state index in [2.05, 4.69) is 10.6 Å². The van der Waals surface area contributed by atoms with Gasteiger partial charge in [-0.3, -0.25) is 19.3 Å². The highest BCUT2D eigenvalue weighted by Crippen LogP contribution is 2.24. The van der Waals surface area contributed by atoms with Crippen molar-refractivity contribution in [2.24, 2.45) is 0 Å². The van der Waals surface area contributed by atoms with Crippen LogP contribution in [0.15, 0.2) is 72.8 Å². The van der Waals surface area contributed by atoms with E-state index in [1.165, 1.54) is 30.3 Å². The van der Waals surface area contributed by atoms with Crippen LogP contribution in [-0.4, -0.2) is 58.0 Å². The number of urea groups is 1. The number of hydrogen-bond acceptors (Lipinski definition) is 4. The molecule has 0 saturated carbocycles. The minimum Gasteiger partial charge on any atom is -0.481 e. The summed E-state index contributed by atoms with van der Waals surface area (Å²) in [7, 11) is 0. The molecule has 0 aliphatic carbocycles. The van der Waals surface area contributed by atoms with Crippen molar-refractivity contribution in [1.82, 2.24) is 15.1 Å². The van der Waals surface area contributed by atoms with Gasteiger partial charge in [-0.1, -0.05) is 29.8 Å². The van der Waals surface area contributed by atoms with Crippen LogP contribution in [0.2, 0.25) is 5.02 Å². The zero-order valence-electron chi connectivity index (χ0n) is 20.3. The maximum absolute atomic E-state index is 13.6. The molecule has 2 unspecified atom stereocenters. The monoisotopic (exact) mass is 556 g/mol. The van der Waals surface area contributed by atoms with E-state index >= 15 is 0 Å². The first-order valence-electron chi connectivity index (χ1n) is 11.8. The third-order valence-corrected chi connectivity index (χ3v) is 6.30. The SMILES string of the molecule is O=C(O)CC(NC(=O)C1N(C(=O)Nc2cccc(Cl)c2)CCN1C(=O)c1ccc(F)cc1)c1ccc(F)cc1. The van der Waals surface area contributed by atoms with Gasteiger partial charge in [0.2, 0.25) is 0 Å². The van der Waals surface area contributed by atoms with E-state index in [1.54, 1.807) is 18.2 Å². The van der Waals surface area contributed by atoms with Crippen molar-refractivity contribution in [3.8, 4) is 0 Å². The summed E-state index contributed by atoms with van der Waals surface area (Å²) in [4.78, 5) is 54.0. The van der Waals surface area contributed by atoms with Gasteiger partial charge in [0.25, 0.3) is 11.8 Å². The Morgan fingerprint density at radius 1 is 0.923 bits per heavy atom. The van der Waals surface area contributed by atoms with E-state index in [9.17, 15) is 33.1 Å². The molecule has 12 heteroatoms. The summed E-state index contributed by atoms with van der Waals surface area (Å²) in [5.41, 5.74) is 0.758. The van der Waals surface area contributed by atoms with Crippen molar-refractivity contribution in [1.29, 1.82) is 0 Å². The first kappa shape index (κ1) is 27.5. The minimum atomic E-state index is -1.47. The number of carboxylic acid groups (broad SMARTS) is 1. The second-order valence-corrected chi connectivity index (χ2v) is 9.16. The van der Waals surface area contributed by atoms with Crippen molar-refractivity contribution < 1.29 is 33.1 Å². The molecule has 39 heavy (non-hydrogen) atoms. The number of nitrogens with zero attached hydrogens (tertiary/aromatic N) is 2. The summed E-state index contributed by atoms with van der Waals surface area (Å²) in [6.07, 6.45) is -2.01. The molecule has 4 amide bonds. The quantitative estimate of drug-likeness (QED) is 0.402. The first-order chi connectivity index (χ1) is 18.6. The van der Waals surface area contributed by atoms with Crippen LogP contribution in [0.5, 0.6) is 0 Å². The minimum absolute atomic E-state index is 0.0302. The fourth-order valence-electron chi connectivity index (χ4n) is 4.22. The van der Waals surface area contributed by atoms with Gasteiger partial charge in [-0.15, -0.1) is 0 Å². The maximum Gasteiger partial charge on any atom is 0.323 e. The highest BCUT2D eigenvalue weighted by atomic mass is 35.5. The number of carbonyl (C=O) groups excluding carboxylic acids is 3. The van der Waals surface area contributed by atoms with Crippen LogP contribution >= 0.6 is 11.6 Å². The number of hydrogen-bond donors (Lipinski definition) is 3. The number of rotatable bonds is 7. The number of carboxylic acids is 1. The van der Waals surface area contributed by atoms with E-state index in [-0.39, 0.29) is 18.7 Å². The molecule has 1 aliphatic rings. The van der Waals surface area contributed by atoms with Gasteiger partial charge in [-0.05, 0) is 60.2 Å². The van der Waals surface area contributed by atoms with Crippen LogP contribution in [0.3, 0.4) is 0 Å². The van der Waals surface area contributed by atoms with Crippen LogP contribution in [0, 0.1) is 11.6 Å². The fraction of sp³-hybridized carbons (Fsp3) is 0.185. The van der Waals surface area contributed by atoms with Crippen LogP contribution in [0.25, 0.3) is 0 Å². The maximum atomic E-state index is 13.6. The third-order valence-electron chi connectivity index (χ3n) is 6.06. The normalized spacial score (nSPS) is 15.5. The molecule has 1 fully saturated rings. The summed E-state index contributed by atoms with van der Waals surface area (Å²) in [6.45, 7) is -0.0605. The lowest BCUT2D eigenvalue weighted by molar-refractivity contribution is -0.138. The highest BCUT2D eigenvalue weighted by molar-refractivity contribution is 6.30. The standard InChI is InChI=1S/C27H23ClF2N4O5/c28-18-2-1-3-21(14-18)31-27(39)34-13-12-33(26(38)17-6-10-20(30)11-7-17)25(34)24(37)32-22(15-23(35)36)16-4-8-19(29)9-5-16/h1-11,14,22,25H,12-13,15H2,(H,31,39)(H,32,37)(H,35,36). The number of anilines is 1. The average molecular weight is 557 g/mol. The number of carbonyl (C=O) groups is 4. The summed E-state index contributed by atoms with van der Waals surface area (Å²) in [5.74, 6) is -3.80. The molecule has 0 bridgehead atoms. The summed E-state index contributed by atoms with van der Waals surface area (Å²) >= 11 is 6.00.